The molecule has 0 spiro atoms. The molecule has 2 nitrogen and oxygen atoms in total. The zero-order valence-corrected chi connectivity index (χ0v) is 13.2. The number of likely N-dealkylation sites (tertiary alicyclic amines) is 1. The molecule has 1 aliphatic heterocycles. The lowest BCUT2D eigenvalue weighted by molar-refractivity contribution is -0.118. The summed E-state index contributed by atoms with van der Waals surface area (Å²) < 4.78 is 0. The van der Waals surface area contributed by atoms with Gasteiger partial charge in [0.25, 0.3) is 0 Å². The minimum absolute atomic E-state index is 0.398. The number of piperidine rings is 1. The van der Waals surface area contributed by atoms with Gasteiger partial charge in [-0.15, -0.1) is 0 Å². The lowest BCUT2D eigenvalue weighted by atomic mass is 9.89. The normalized spacial score (nSPS) is 21.3. The molecule has 0 saturated carbocycles. The Labute approximate surface area is 127 Å². The first-order valence-electron chi connectivity index (χ1n) is 8.23. The van der Waals surface area contributed by atoms with Crippen molar-refractivity contribution in [1.29, 1.82) is 0 Å². The minimum Gasteiger partial charge on any atom is -0.302 e. The quantitative estimate of drug-likeness (QED) is 0.813. The number of rotatable bonds is 5. The van der Waals surface area contributed by atoms with Crippen molar-refractivity contribution >= 4 is 11.4 Å². The fourth-order valence-corrected chi connectivity index (χ4v) is 3.84. The number of nitrogens with zero attached hydrogens (tertiary/aromatic N) is 1. The first kappa shape index (κ1) is 14.5. The van der Waals surface area contributed by atoms with Gasteiger partial charge in [0.1, 0.15) is 5.78 Å². The third kappa shape index (κ3) is 2.82. The molecule has 1 unspecified atom stereocenters. The molecule has 1 aromatic rings. The van der Waals surface area contributed by atoms with Crippen LogP contribution in [0.4, 0.5) is 0 Å². The van der Waals surface area contributed by atoms with Crippen molar-refractivity contribution in [2.75, 3.05) is 19.6 Å². The summed E-state index contributed by atoms with van der Waals surface area (Å²) in [4.78, 5) is 14.0. The van der Waals surface area contributed by atoms with E-state index in [-0.39, 0.29) is 0 Å². The van der Waals surface area contributed by atoms with Gasteiger partial charge in [-0.2, -0.15) is 0 Å². The predicted octanol–water partition coefficient (Wildman–Crippen LogP) is 4.02. The van der Waals surface area contributed by atoms with E-state index in [1.54, 1.807) is 5.57 Å². The second-order valence-electron chi connectivity index (χ2n) is 6.34. The van der Waals surface area contributed by atoms with E-state index in [1.807, 2.05) is 6.92 Å². The zero-order valence-electron chi connectivity index (χ0n) is 13.2. The van der Waals surface area contributed by atoms with Crippen LogP contribution in [0.5, 0.6) is 0 Å². The van der Waals surface area contributed by atoms with Gasteiger partial charge >= 0.3 is 0 Å². The average Bonchev–Trinajstić information content (AvgIpc) is 2.80. The Hall–Kier alpha value is -1.41. The van der Waals surface area contributed by atoms with Gasteiger partial charge in [0.2, 0.25) is 0 Å². The highest BCUT2D eigenvalue weighted by atomic mass is 16.1. The molecular formula is C19H25NO. The van der Waals surface area contributed by atoms with Crippen LogP contribution < -0.4 is 0 Å². The van der Waals surface area contributed by atoms with E-state index in [9.17, 15) is 4.79 Å². The molecule has 1 fully saturated rings. The molecule has 0 radical (unpaired) electrons. The molecule has 21 heavy (non-hydrogen) atoms. The molecule has 1 saturated heterocycles. The maximum Gasteiger partial charge on any atom is 0.132 e. The Morgan fingerprint density at radius 1 is 1.33 bits per heavy atom. The summed E-state index contributed by atoms with van der Waals surface area (Å²) in [5.41, 5.74) is 6.13. The smallest absolute Gasteiger partial charge is 0.132 e. The number of carbonyl (C=O) groups excluding carboxylic acids is 1. The number of ketones is 1. The lowest BCUT2D eigenvalue weighted by Gasteiger charge is -2.33. The van der Waals surface area contributed by atoms with E-state index < -0.39 is 0 Å². The van der Waals surface area contributed by atoms with Crippen molar-refractivity contribution in [1.82, 2.24) is 4.90 Å². The molecule has 1 atom stereocenters. The standard InChI is InChI=1S/C19H25NO/c1-3-15(21)7-6-11-20-12-10-17-14(2)16-8-4-5-9-18(16)19(17)13-20/h4-5,8-9,19H,3,6-7,10-13H2,1-2H3. The molecule has 1 heterocycles. The Morgan fingerprint density at radius 2 is 2.14 bits per heavy atom. The van der Waals surface area contributed by atoms with E-state index in [0.29, 0.717) is 18.1 Å². The van der Waals surface area contributed by atoms with Crippen molar-refractivity contribution in [3.63, 3.8) is 0 Å². The van der Waals surface area contributed by atoms with Gasteiger partial charge in [0.15, 0.2) is 0 Å². The van der Waals surface area contributed by atoms with Crippen LogP contribution in [0.15, 0.2) is 29.8 Å². The summed E-state index contributed by atoms with van der Waals surface area (Å²) in [6.45, 7) is 7.58. The second-order valence-corrected chi connectivity index (χ2v) is 6.34. The van der Waals surface area contributed by atoms with Gasteiger partial charge in [-0.3, -0.25) is 4.79 Å². The van der Waals surface area contributed by atoms with Crippen molar-refractivity contribution < 1.29 is 4.79 Å². The Morgan fingerprint density at radius 3 is 2.95 bits per heavy atom. The number of carbonyl (C=O) groups is 1. The molecule has 2 heteroatoms. The summed E-state index contributed by atoms with van der Waals surface area (Å²) in [6.07, 6.45) is 3.63. The zero-order chi connectivity index (χ0) is 14.8. The molecule has 3 rings (SSSR count). The second kappa shape index (κ2) is 6.15. The highest BCUT2D eigenvalue weighted by Crippen LogP contribution is 2.45. The summed E-state index contributed by atoms with van der Waals surface area (Å²) in [5.74, 6) is 0.992. The Balaban J connectivity index is 1.65. The van der Waals surface area contributed by atoms with Crippen LogP contribution in [-0.4, -0.2) is 30.3 Å². The molecular weight excluding hydrogens is 258 g/mol. The monoisotopic (exact) mass is 283 g/mol. The van der Waals surface area contributed by atoms with Crippen LogP contribution in [-0.2, 0) is 4.79 Å². The van der Waals surface area contributed by atoms with E-state index in [4.69, 9.17) is 0 Å². The van der Waals surface area contributed by atoms with Crippen molar-refractivity contribution in [2.45, 2.75) is 45.4 Å². The van der Waals surface area contributed by atoms with Gasteiger partial charge in [-0.05, 0) is 43.0 Å². The molecule has 1 aliphatic carbocycles. The average molecular weight is 283 g/mol. The third-order valence-electron chi connectivity index (χ3n) is 5.10. The van der Waals surface area contributed by atoms with Crippen molar-refractivity contribution in [3.05, 3.63) is 41.0 Å². The SMILES string of the molecule is CCC(=O)CCCN1CCC2=C(C)c3ccccc3C2C1. The fourth-order valence-electron chi connectivity index (χ4n) is 3.84. The molecule has 112 valence electrons. The number of hydrogen-bond donors (Lipinski definition) is 0. The van der Waals surface area contributed by atoms with Gasteiger partial charge in [-0.1, -0.05) is 36.8 Å². The topological polar surface area (TPSA) is 20.3 Å². The fraction of sp³-hybridized carbons (Fsp3) is 0.526. The van der Waals surface area contributed by atoms with E-state index in [0.717, 1.165) is 32.5 Å². The van der Waals surface area contributed by atoms with Crippen LogP contribution >= 0.6 is 0 Å². The predicted molar refractivity (Wildman–Crippen MR) is 87.4 cm³/mol. The molecule has 0 N–H and O–H groups in total. The van der Waals surface area contributed by atoms with E-state index in [2.05, 4.69) is 36.1 Å². The van der Waals surface area contributed by atoms with Crippen molar-refractivity contribution in [3.8, 4) is 0 Å². The van der Waals surface area contributed by atoms with Crippen molar-refractivity contribution in [2.24, 2.45) is 0 Å². The summed E-state index contributed by atoms with van der Waals surface area (Å²) in [6, 6.07) is 8.86. The first-order valence-corrected chi connectivity index (χ1v) is 8.23. The van der Waals surface area contributed by atoms with Gasteiger partial charge < -0.3 is 4.90 Å². The van der Waals surface area contributed by atoms with E-state index in [1.165, 1.54) is 23.1 Å². The highest BCUT2D eigenvalue weighted by molar-refractivity contribution is 5.78. The Bertz CT molecular complexity index is 573. The summed E-state index contributed by atoms with van der Waals surface area (Å²) >= 11 is 0. The van der Waals surface area contributed by atoms with E-state index >= 15 is 0 Å². The molecule has 1 aromatic carbocycles. The number of hydrogen-bond acceptors (Lipinski definition) is 2. The maximum absolute atomic E-state index is 11.4. The molecule has 0 amide bonds. The molecule has 0 aromatic heterocycles. The highest BCUT2D eigenvalue weighted by Gasteiger charge is 2.33. The van der Waals surface area contributed by atoms with Crippen LogP contribution in [0.3, 0.4) is 0 Å². The third-order valence-corrected chi connectivity index (χ3v) is 5.10. The Kier molecular flexibility index (Phi) is 4.25. The van der Waals surface area contributed by atoms with Crippen LogP contribution in [0.1, 0.15) is 56.6 Å². The first-order chi connectivity index (χ1) is 10.2. The largest absolute Gasteiger partial charge is 0.302 e. The van der Waals surface area contributed by atoms with Gasteiger partial charge in [-0.25, -0.2) is 0 Å². The van der Waals surface area contributed by atoms with Crippen LogP contribution in [0, 0.1) is 0 Å². The minimum atomic E-state index is 0.398. The number of allylic oxidation sites excluding steroid dienone is 1. The number of fused-ring (bicyclic) bond motifs is 3. The van der Waals surface area contributed by atoms with Crippen LogP contribution in [0.25, 0.3) is 5.57 Å². The number of benzene rings is 1. The van der Waals surface area contributed by atoms with Crippen LogP contribution in [0.2, 0.25) is 0 Å². The lowest BCUT2D eigenvalue weighted by Crippen LogP contribution is -2.35. The maximum atomic E-state index is 11.4. The van der Waals surface area contributed by atoms with Gasteiger partial charge in [0, 0.05) is 31.8 Å². The summed E-state index contributed by atoms with van der Waals surface area (Å²) in [5, 5.41) is 0. The molecule has 2 aliphatic rings. The number of Topliss-reactive ketones (excluding diaryl/α,β-unsaturated/α-hetero) is 1. The molecule has 0 bridgehead atoms. The van der Waals surface area contributed by atoms with Gasteiger partial charge in [0.05, 0.1) is 0 Å². The summed E-state index contributed by atoms with van der Waals surface area (Å²) in [7, 11) is 0.